The Morgan fingerprint density at radius 1 is 1.03 bits per heavy atom. The van der Waals surface area contributed by atoms with E-state index in [0.29, 0.717) is 37.6 Å². The number of alkyl halides is 3. The molecule has 10 heteroatoms. The number of amides is 2. The minimum atomic E-state index is -4.39. The van der Waals surface area contributed by atoms with Gasteiger partial charge in [-0.25, -0.2) is 0 Å². The normalized spacial score (nSPS) is 23.8. The fraction of sp³-hybridized carbons (Fsp3) is 0.478. The van der Waals surface area contributed by atoms with Crippen LogP contribution in [0, 0.1) is 5.92 Å². The molecule has 3 heterocycles. The molecule has 2 aliphatic heterocycles. The number of thioether (sulfide) groups is 1. The lowest BCUT2D eigenvalue weighted by Crippen LogP contribution is -2.55. The molecule has 2 saturated heterocycles. The lowest BCUT2D eigenvalue weighted by molar-refractivity contribution is -0.145. The number of carbonyl (C=O) groups is 2. The molecule has 0 spiro atoms. The molecule has 6 nitrogen and oxygen atoms in total. The van der Waals surface area contributed by atoms with Crippen LogP contribution in [0.25, 0.3) is 0 Å². The molecule has 1 aromatic heterocycles. The van der Waals surface area contributed by atoms with Gasteiger partial charge in [-0.2, -0.15) is 13.2 Å². The first kappa shape index (κ1) is 22.2. The van der Waals surface area contributed by atoms with Crippen molar-refractivity contribution in [2.24, 2.45) is 5.92 Å². The zero-order chi connectivity index (χ0) is 23.2. The van der Waals surface area contributed by atoms with E-state index in [2.05, 4.69) is 0 Å². The van der Waals surface area contributed by atoms with E-state index in [1.54, 1.807) is 40.2 Å². The van der Waals surface area contributed by atoms with Crippen molar-refractivity contribution in [1.29, 1.82) is 0 Å². The second-order valence-electron chi connectivity index (χ2n) is 8.64. The Morgan fingerprint density at radius 2 is 1.79 bits per heavy atom. The van der Waals surface area contributed by atoms with E-state index in [-0.39, 0.29) is 23.1 Å². The molecule has 2 atom stereocenters. The number of benzene rings is 1. The molecule has 1 aromatic carbocycles. The zero-order valence-electron chi connectivity index (χ0n) is 17.8. The molecule has 1 saturated carbocycles. The van der Waals surface area contributed by atoms with Crippen molar-refractivity contribution in [3.63, 3.8) is 0 Å². The molecule has 3 fully saturated rings. The Labute approximate surface area is 193 Å². The van der Waals surface area contributed by atoms with Crippen LogP contribution in [0.4, 0.5) is 18.9 Å². The van der Waals surface area contributed by atoms with E-state index in [0.717, 1.165) is 30.5 Å². The maximum absolute atomic E-state index is 13.4. The topological polar surface area (TPSA) is 57.0 Å². The zero-order valence-corrected chi connectivity index (χ0v) is 18.6. The van der Waals surface area contributed by atoms with Crippen molar-refractivity contribution in [3.05, 3.63) is 54.0 Å². The Kier molecular flexibility index (Phi) is 5.80. The molecular weight excluding hydrogens is 455 g/mol. The maximum atomic E-state index is 13.4. The van der Waals surface area contributed by atoms with Gasteiger partial charge in [0.05, 0.1) is 18.1 Å². The highest BCUT2D eigenvalue weighted by atomic mass is 32.2. The quantitative estimate of drug-likeness (QED) is 0.664. The largest absolute Gasteiger partial charge is 0.472 e. The number of hydrogen-bond donors (Lipinski definition) is 0. The van der Waals surface area contributed by atoms with Crippen molar-refractivity contribution < 1.29 is 27.2 Å². The van der Waals surface area contributed by atoms with Gasteiger partial charge in [-0.15, -0.1) is 11.8 Å². The predicted molar refractivity (Wildman–Crippen MR) is 118 cm³/mol. The van der Waals surface area contributed by atoms with E-state index in [1.165, 1.54) is 6.07 Å². The maximum Gasteiger partial charge on any atom is 0.416 e. The molecule has 2 aromatic rings. The molecule has 3 aliphatic rings. The smallest absolute Gasteiger partial charge is 0.416 e. The number of hydrogen-bond acceptors (Lipinski definition) is 5. The summed E-state index contributed by atoms with van der Waals surface area (Å²) in [6.07, 6.45) is 0.504. The fourth-order valence-corrected chi connectivity index (χ4v) is 5.86. The lowest BCUT2D eigenvalue weighted by atomic mass is 10.1. The van der Waals surface area contributed by atoms with E-state index in [9.17, 15) is 22.8 Å². The second kappa shape index (κ2) is 8.62. The molecule has 0 radical (unpaired) electrons. The Hall–Kier alpha value is -2.62. The summed E-state index contributed by atoms with van der Waals surface area (Å²) in [6.45, 7) is 1.68. The molecule has 0 bridgehead atoms. The first-order valence-electron chi connectivity index (χ1n) is 11.0. The summed E-state index contributed by atoms with van der Waals surface area (Å²) in [5, 5.41) is -0.239. The average Bonchev–Trinajstić information content (AvgIpc) is 3.34. The minimum Gasteiger partial charge on any atom is -0.472 e. The molecule has 1 aliphatic carbocycles. The first-order valence-corrected chi connectivity index (χ1v) is 12.0. The van der Waals surface area contributed by atoms with Gasteiger partial charge in [0.25, 0.3) is 0 Å². The van der Waals surface area contributed by atoms with Gasteiger partial charge in [0.1, 0.15) is 11.4 Å². The second-order valence-corrected chi connectivity index (χ2v) is 9.75. The van der Waals surface area contributed by atoms with E-state index >= 15 is 0 Å². The van der Waals surface area contributed by atoms with Gasteiger partial charge in [-0.3, -0.25) is 9.59 Å². The third-order valence-electron chi connectivity index (χ3n) is 6.42. The highest BCUT2D eigenvalue weighted by Crippen LogP contribution is 2.45. The molecule has 0 N–H and O–H groups in total. The van der Waals surface area contributed by atoms with Gasteiger partial charge < -0.3 is 19.1 Å². The van der Waals surface area contributed by atoms with Gasteiger partial charge in [0, 0.05) is 49.1 Å². The number of nitrogens with zero attached hydrogens (tertiary/aromatic N) is 3. The number of anilines is 1. The molecule has 5 rings (SSSR count). The van der Waals surface area contributed by atoms with Crippen molar-refractivity contribution >= 4 is 29.3 Å². The highest BCUT2D eigenvalue weighted by Gasteiger charge is 2.48. The van der Waals surface area contributed by atoms with Crippen LogP contribution in [-0.4, -0.2) is 59.6 Å². The average molecular weight is 480 g/mol. The summed E-state index contributed by atoms with van der Waals surface area (Å²) in [4.78, 5) is 31.8. The van der Waals surface area contributed by atoms with Gasteiger partial charge in [-0.05, 0) is 37.1 Å². The summed E-state index contributed by atoms with van der Waals surface area (Å²) in [6, 6.07) is 6.56. The molecule has 176 valence electrons. The molecule has 33 heavy (non-hydrogen) atoms. The van der Waals surface area contributed by atoms with Gasteiger partial charge in [0.15, 0.2) is 0 Å². The van der Waals surface area contributed by atoms with E-state index in [1.807, 2.05) is 11.0 Å². The number of furan rings is 1. The van der Waals surface area contributed by atoms with Crippen LogP contribution >= 0.6 is 11.8 Å². The summed E-state index contributed by atoms with van der Waals surface area (Å²) in [5.74, 6) is 0.436. The summed E-state index contributed by atoms with van der Waals surface area (Å²) < 4.78 is 44.4. The van der Waals surface area contributed by atoms with Crippen LogP contribution in [0.2, 0.25) is 0 Å². The fourth-order valence-electron chi connectivity index (χ4n) is 4.45. The number of halogens is 3. The van der Waals surface area contributed by atoms with E-state index in [4.69, 9.17) is 4.42 Å². The SMILES string of the molecule is O=C(C1CSC(c2ccoc2)N1C(=O)C1CC1)N1CCN(c2cccc(C(F)(F)F)c2)CC1. The Bertz CT molecular complexity index is 1020. The Morgan fingerprint density at radius 3 is 2.42 bits per heavy atom. The van der Waals surface area contributed by atoms with Crippen molar-refractivity contribution in [1.82, 2.24) is 9.80 Å². The number of piperazine rings is 1. The minimum absolute atomic E-state index is 0.00819. The van der Waals surface area contributed by atoms with Crippen LogP contribution < -0.4 is 4.90 Å². The van der Waals surface area contributed by atoms with Crippen molar-refractivity contribution in [2.75, 3.05) is 36.8 Å². The van der Waals surface area contributed by atoms with Crippen molar-refractivity contribution in [3.8, 4) is 0 Å². The number of carbonyl (C=O) groups excluding carboxylic acids is 2. The van der Waals surface area contributed by atoms with Crippen LogP contribution in [0.15, 0.2) is 47.3 Å². The molecular formula is C23H24F3N3O3S. The van der Waals surface area contributed by atoms with Gasteiger partial charge in [0.2, 0.25) is 11.8 Å². The van der Waals surface area contributed by atoms with Crippen LogP contribution in [-0.2, 0) is 15.8 Å². The van der Waals surface area contributed by atoms with E-state index < -0.39 is 17.8 Å². The predicted octanol–water partition coefficient (Wildman–Crippen LogP) is 4.00. The van der Waals surface area contributed by atoms with Crippen LogP contribution in [0.3, 0.4) is 0 Å². The van der Waals surface area contributed by atoms with Gasteiger partial charge >= 0.3 is 6.18 Å². The standard InChI is InChI=1S/C23H24F3N3O3S/c24-23(25,26)17-2-1-3-18(12-17)27-7-9-28(10-8-27)21(31)19-14-33-22(16-6-11-32-13-16)29(19)20(30)15-4-5-15/h1-3,6,11-13,15,19,22H,4-5,7-10,14H2. The number of rotatable bonds is 4. The van der Waals surface area contributed by atoms with Crippen molar-refractivity contribution in [2.45, 2.75) is 30.4 Å². The first-order chi connectivity index (χ1) is 15.8. The third-order valence-corrected chi connectivity index (χ3v) is 7.75. The van der Waals surface area contributed by atoms with Crippen LogP contribution in [0.5, 0.6) is 0 Å². The van der Waals surface area contributed by atoms with Gasteiger partial charge in [-0.1, -0.05) is 6.07 Å². The summed E-state index contributed by atoms with van der Waals surface area (Å²) >= 11 is 1.56. The highest BCUT2D eigenvalue weighted by molar-refractivity contribution is 7.99. The molecule has 2 amide bonds. The summed E-state index contributed by atoms with van der Waals surface area (Å²) in [7, 11) is 0. The van der Waals surface area contributed by atoms with Crippen LogP contribution in [0.1, 0.15) is 29.3 Å². The summed E-state index contributed by atoms with van der Waals surface area (Å²) in [5.41, 5.74) is 0.693. The Balaban J connectivity index is 1.27. The lowest BCUT2D eigenvalue weighted by Gasteiger charge is -2.39. The monoisotopic (exact) mass is 479 g/mol. The third kappa shape index (κ3) is 4.45. The molecule has 2 unspecified atom stereocenters.